The molecule has 2 aliphatic heterocycles. The van der Waals surface area contributed by atoms with Crippen molar-refractivity contribution in [3.05, 3.63) is 65.7 Å². The maximum absolute atomic E-state index is 12.9. The van der Waals surface area contributed by atoms with Crippen LogP contribution in [0, 0.1) is 11.3 Å². The van der Waals surface area contributed by atoms with Crippen LogP contribution in [0.1, 0.15) is 17.5 Å². The van der Waals surface area contributed by atoms with Crippen LogP contribution in [0.25, 0.3) is 0 Å². The van der Waals surface area contributed by atoms with Crippen LogP contribution in [-0.2, 0) is 16.1 Å². The quantitative estimate of drug-likeness (QED) is 0.766. The summed E-state index contributed by atoms with van der Waals surface area (Å²) in [7, 11) is 0. The highest BCUT2D eigenvalue weighted by Crippen LogP contribution is 2.26. The van der Waals surface area contributed by atoms with Gasteiger partial charge in [0.2, 0.25) is 5.91 Å². The first-order valence-electron chi connectivity index (χ1n) is 9.53. The Morgan fingerprint density at radius 1 is 0.929 bits per heavy atom. The average Bonchev–Trinajstić information content (AvgIpc) is 3.04. The minimum Gasteiger partial charge on any atom is -0.297 e. The summed E-state index contributed by atoms with van der Waals surface area (Å²) in [4.78, 5) is 31.1. The van der Waals surface area contributed by atoms with Gasteiger partial charge in [0.15, 0.2) is 0 Å². The molecule has 2 amide bonds. The number of piperazine rings is 1. The monoisotopic (exact) mass is 374 g/mol. The number of hydrogen-bond acceptors (Lipinski definition) is 5. The highest BCUT2D eigenvalue weighted by Gasteiger charge is 2.43. The number of benzene rings is 2. The first-order chi connectivity index (χ1) is 13.7. The summed E-state index contributed by atoms with van der Waals surface area (Å²) >= 11 is 0. The van der Waals surface area contributed by atoms with E-state index >= 15 is 0 Å². The fourth-order valence-electron chi connectivity index (χ4n) is 3.93. The third-order valence-electron chi connectivity index (χ3n) is 5.47. The van der Waals surface area contributed by atoms with Crippen LogP contribution < -0.4 is 4.90 Å². The number of para-hydroxylation sites is 1. The first-order valence-corrected chi connectivity index (χ1v) is 9.53. The summed E-state index contributed by atoms with van der Waals surface area (Å²) in [5.41, 5.74) is 2.50. The molecule has 0 aliphatic carbocycles. The van der Waals surface area contributed by atoms with Crippen molar-refractivity contribution in [3.63, 3.8) is 0 Å². The standard InChI is InChI=1S/C22H22N4O2/c23-15-17-6-8-18(9-7-17)16-24-10-12-25(13-11-24)20-14-21(27)26(22(20)28)19-4-2-1-3-5-19/h1-9,20H,10-14,16H2/t20-/m0/s1. The highest BCUT2D eigenvalue weighted by atomic mass is 16.2. The second kappa shape index (κ2) is 7.93. The summed E-state index contributed by atoms with van der Waals surface area (Å²) in [5.74, 6) is -0.238. The molecule has 28 heavy (non-hydrogen) atoms. The van der Waals surface area contributed by atoms with Gasteiger partial charge in [-0.3, -0.25) is 19.4 Å². The highest BCUT2D eigenvalue weighted by molar-refractivity contribution is 6.22. The van der Waals surface area contributed by atoms with E-state index in [2.05, 4.69) is 15.9 Å². The fraction of sp³-hybridized carbons (Fsp3) is 0.318. The van der Waals surface area contributed by atoms with Crippen molar-refractivity contribution < 1.29 is 9.59 Å². The van der Waals surface area contributed by atoms with Gasteiger partial charge in [-0.1, -0.05) is 30.3 Å². The van der Waals surface area contributed by atoms with E-state index in [1.807, 2.05) is 42.5 Å². The Hall–Kier alpha value is -3.01. The molecule has 0 unspecified atom stereocenters. The largest absolute Gasteiger partial charge is 0.297 e. The number of hydrogen-bond donors (Lipinski definition) is 0. The Bertz CT molecular complexity index is 896. The van der Waals surface area contributed by atoms with Crippen molar-refractivity contribution in [1.29, 1.82) is 5.26 Å². The van der Waals surface area contributed by atoms with Gasteiger partial charge in [0.05, 0.1) is 29.8 Å². The lowest BCUT2D eigenvalue weighted by Gasteiger charge is -2.37. The Morgan fingerprint density at radius 3 is 2.25 bits per heavy atom. The van der Waals surface area contributed by atoms with Gasteiger partial charge in [-0.15, -0.1) is 0 Å². The van der Waals surface area contributed by atoms with E-state index < -0.39 is 0 Å². The van der Waals surface area contributed by atoms with Crippen LogP contribution in [0.15, 0.2) is 54.6 Å². The van der Waals surface area contributed by atoms with E-state index in [0.29, 0.717) is 11.3 Å². The summed E-state index contributed by atoms with van der Waals surface area (Å²) in [5, 5.41) is 8.89. The van der Waals surface area contributed by atoms with Crippen LogP contribution in [0.2, 0.25) is 0 Å². The second-order valence-electron chi connectivity index (χ2n) is 7.24. The molecular weight excluding hydrogens is 352 g/mol. The number of imide groups is 1. The van der Waals surface area contributed by atoms with Crippen LogP contribution in [-0.4, -0.2) is 53.8 Å². The molecule has 2 saturated heterocycles. The molecule has 2 aliphatic rings. The zero-order chi connectivity index (χ0) is 19.5. The molecule has 6 nitrogen and oxygen atoms in total. The van der Waals surface area contributed by atoms with Gasteiger partial charge in [-0.25, -0.2) is 4.90 Å². The van der Waals surface area contributed by atoms with E-state index in [9.17, 15) is 9.59 Å². The van der Waals surface area contributed by atoms with Crippen molar-refractivity contribution >= 4 is 17.5 Å². The van der Waals surface area contributed by atoms with Crippen LogP contribution in [0.5, 0.6) is 0 Å². The lowest BCUT2D eigenvalue weighted by molar-refractivity contribution is -0.123. The van der Waals surface area contributed by atoms with E-state index in [4.69, 9.17) is 5.26 Å². The number of nitrogens with zero attached hydrogens (tertiary/aromatic N) is 4. The number of nitriles is 1. The topological polar surface area (TPSA) is 67.7 Å². The summed E-state index contributed by atoms with van der Waals surface area (Å²) in [6, 6.07) is 18.6. The maximum atomic E-state index is 12.9. The number of carbonyl (C=O) groups excluding carboxylic acids is 2. The zero-order valence-corrected chi connectivity index (χ0v) is 15.6. The SMILES string of the molecule is N#Cc1ccc(CN2CCN([C@H]3CC(=O)N(c4ccccc4)C3=O)CC2)cc1. The molecule has 2 aromatic rings. The van der Waals surface area contributed by atoms with Crippen molar-refractivity contribution in [2.75, 3.05) is 31.1 Å². The lowest BCUT2D eigenvalue weighted by Crippen LogP contribution is -2.52. The number of anilines is 1. The van der Waals surface area contributed by atoms with Gasteiger partial charge < -0.3 is 0 Å². The summed E-state index contributed by atoms with van der Waals surface area (Å²) in [6.45, 7) is 4.06. The third-order valence-corrected chi connectivity index (χ3v) is 5.47. The molecule has 142 valence electrons. The van der Waals surface area contributed by atoms with Crippen LogP contribution in [0.3, 0.4) is 0 Å². The molecule has 0 aromatic heterocycles. The average molecular weight is 374 g/mol. The second-order valence-corrected chi connectivity index (χ2v) is 7.24. The van der Waals surface area contributed by atoms with Gasteiger partial charge in [-0.05, 0) is 29.8 Å². The van der Waals surface area contributed by atoms with Crippen molar-refractivity contribution in [2.24, 2.45) is 0 Å². The predicted molar refractivity (Wildman–Crippen MR) is 105 cm³/mol. The zero-order valence-electron chi connectivity index (χ0n) is 15.6. The Morgan fingerprint density at radius 2 is 1.61 bits per heavy atom. The first kappa shape index (κ1) is 18.4. The van der Waals surface area contributed by atoms with Crippen molar-refractivity contribution in [2.45, 2.75) is 19.0 Å². The third kappa shape index (κ3) is 3.68. The van der Waals surface area contributed by atoms with Crippen LogP contribution in [0.4, 0.5) is 5.69 Å². The van der Waals surface area contributed by atoms with Gasteiger partial charge in [0.1, 0.15) is 0 Å². The molecular formula is C22H22N4O2. The van der Waals surface area contributed by atoms with Gasteiger partial charge in [0.25, 0.3) is 5.91 Å². The smallest absolute Gasteiger partial charge is 0.251 e. The number of rotatable bonds is 4. The lowest BCUT2D eigenvalue weighted by atomic mass is 10.1. The van der Waals surface area contributed by atoms with Gasteiger partial charge in [-0.2, -0.15) is 5.26 Å². The van der Waals surface area contributed by atoms with E-state index in [0.717, 1.165) is 32.7 Å². The maximum Gasteiger partial charge on any atom is 0.251 e. The molecule has 1 atom stereocenters. The van der Waals surface area contributed by atoms with Gasteiger partial charge in [0, 0.05) is 32.7 Å². The molecule has 2 fully saturated rings. The number of carbonyl (C=O) groups is 2. The van der Waals surface area contributed by atoms with E-state index in [1.54, 1.807) is 12.1 Å². The van der Waals surface area contributed by atoms with Crippen LogP contribution >= 0.6 is 0 Å². The van der Waals surface area contributed by atoms with Gasteiger partial charge >= 0.3 is 0 Å². The molecule has 2 aromatic carbocycles. The summed E-state index contributed by atoms with van der Waals surface area (Å²) in [6.07, 6.45) is 0.253. The van der Waals surface area contributed by atoms with E-state index in [1.165, 1.54) is 10.5 Å². The molecule has 6 heteroatoms. The molecule has 4 rings (SSSR count). The minimum absolute atomic E-state index is 0.114. The Labute approximate surface area is 164 Å². The molecule has 2 heterocycles. The van der Waals surface area contributed by atoms with Crippen molar-refractivity contribution in [3.8, 4) is 6.07 Å². The fourth-order valence-corrected chi connectivity index (χ4v) is 3.93. The predicted octanol–water partition coefficient (Wildman–Crippen LogP) is 2.01. The Balaban J connectivity index is 1.35. The molecule has 0 bridgehead atoms. The molecule has 0 radical (unpaired) electrons. The minimum atomic E-state index is -0.357. The molecule has 0 N–H and O–H groups in total. The van der Waals surface area contributed by atoms with E-state index in [-0.39, 0.29) is 24.3 Å². The Kier molecular flexibility index (Phi) is 5.20. The van der Waals surface area contributed by atoms with Crippen molar-refractivity contribution in [1.82, 2.24) is 9.80 Å². The molecule has 0 spiro atoms. The summed E-state index contributed by atoms with van der Waals surface area (Å²) < 4.78 is 0. The number of amides is 2. The molecule has 0 saturated carbocycles. The normalized spacial score (nSPS) is 21.1.